The van der Waals surface area contributed by atoms with E-state index in [1.54, 1.807) is 18.2 Å². The second kappa shape index (κ2) is 9.97. The van der Waals surface area contributed by atoms with E-state index in [2.05, 4.69) is 15.5 Å². The number of hydrogen-bond donors (Lipinski definition) is 1. The quantitative estimate of drug-likeness (QED) is 0.514. The highest BCUT2D eigenvalue weighted by Crippen LogP contribution is 2.32. The van der Waals surface area contributed by atoms with E-state index >= 15 is 0 Å². The SMILES string of the molecule is CCOc1ccc(-c2nnc(NC(=O)CSc3ccc(C)cc3)o2)cc1OCC. The molecule has 1 heterocycles. The lowest BCUT2D eigenvalue weighted by molar-refractivity contribution is -0.113. The predicted octanol–water partition coefficient (Wildman–Crippen LogP) is 4.57. The summed E-state index contributed by atoms with van der Waals surface area (Å²) in [5, 5.41) is 10.5. The number of aromatic nitrogens is 2. The number of thioether (sulfide) groups is 1. The minimum absolute atomic E-state index is 0.0568. The molecule has 7 nitrogen and oxygen atoms in total. The Bertz CT molecular complexity index is 957. The van der Waals surface area contributed by atoms with Crippen molar-refractivity contribution < 1.29 is 18.7 Å². The summed E-state index contributed by atoms with van der Waals surface area (Å²) in [6, 6.07) is 13.4. The van der Waals surface area contributed by atoms with E-state index < -0.39 is 0 Å². The minimum Gasteiger partial charge on any atom is -0.490 e. The number of nitrogens with one attached hydrogen (secondary N) is 1. The van der Waals surface area contributed by atoms with Crippen LogP contribution in [-0.4, -0.2) is 35.1 Å². The molecule has 3 aromatic rings. The molecule has 0 radical (unpaired) electrons. The summed E-state index contributed by atoms with van der Waals surface area (Å²) < 4.78 is 16.8. The zero-order valence-electron chi connectivity index (χ0n) is 16.6. The number of aryl methyl sites for hydroxylation is 1. The Morgan fingerprint density at radius 1 is 1.03 bits per heavy atom. The zero-order chi connectivity index (χ0) is 20.6. The molecule has 0 aliphatic rings. The second-order valence-electron chi connectivity index (χ2n) is 6.09. The summed E-state index contributed by atoms with van der Waals surface area (Å²) in [7, 11) is 0. The van der Waals surface area contributed by atoms with Crippen molar-refractivity contribution in [1.29, 1.82) is 0 Å². The molecule has 0 bridgehead atoms. The lowest BCUT2D eigenvalue weighted by Gasteiger charge is -2.11. The van der Waals surface area contributed by atoms with Gasteiger partial charge in [-0.2, -0.15) is 0 Å². The molecule has 152 valence electrons. The summed E-state index contributed by atoms with van der Waals surface area (Å²) in [5.41, 5.74) is 1.86. The maximum absolute atomic E-state index is 12.2. The fourth-order valence-corrected chi connectivity index (χ4v) is 3.21. The third kappa shape index (κ3) is 5.74. The lowest BCUT2D eigenvalue weighted by Crippen LogP contribution is -2.14. The highest BCUT2D eigenvalue weighted by atomic mass is 32.2. The van der Waals surface area contributed by atoms with Crippen LogP contribution in [0.15, 0.2) is 51.8 Å². The first-order valence-corrected chi connectivity index (χ1v) is 10.3. The maximum Gasteiger partial charge on any atom is 0.322 e. The van der Waals surface area contributed by atoms with Crippen molar-refractivity contribution in [3.8, 4) is 23.0 Å². The molecular formula is C21H23N3O4S. The number of carbonyl (C=O) groups excluding carboxylic acids is 1. The largest absolute Gasteiger partial charge is 0.490 e. The number of benzene rings is 2. The van der Waals surface area contributed by atoms with Gasteiger partial charge in [-0.3, -0.25) is 10.1 Å². The summed E-state index contributed by atoms with van der Waals surface area (Å²) in [5.74, 6) is 1.57. The molecule has 0 atom stereocenters. The molecule has 0 aliphatic carbocycles. The maximum atomic E-state index is 12.2. The van der Waals surface area contributed by atoms with Crippen LogP contribution in [0.25, 0.3) is 11.5 Å². The van der Waals surface area contributed by atoms with Gasteiger partial charge in [0.25, 0.3) is 0 Å². The van der Waals surface area contributed by atoms with E-state index in [1.807, 2.05) is 45.0 Å². The number of ether oxygens (including phenoxy) is 2. The molecule has 0 aliphatic heterocycles. The van der Waals surface area contributed by atoms with Crippen molar-refractivity contribution >= 4 is 23.7 Å². The third-order valence-electron chi connectivity index (χ3n) is 3.85. The molecule has 8 heteroatoms. The summed E-state index contributed by atoms with van der Waals surface area (Å²) in [6.45, 7) is 6.88. The van der Waals surface area contributed by atoms with E-state index in [4.69, 9.17) is 13.9 Å². The van der Waals surface area contributed by atoms with Crippen LogP contribution in [0, 0.1) is 6.92 Å². The van der Waals surface area contributed by atoms with Gasteiger partial charge in [0, 0.05) is 10.5 Å². The molecular weight excluding hydrogens is 390 g/mol. The van der Waals surface area contributed by atoms with Crippen molar-refractivity contribution in [2.24, 2.45) is 0 Å². The Labute approximate surface area is 173 Å². The number of carbonyl (C=O) groups is 1. The highest BCUT2D eigenvalue weighted by molar-refractivity contribution is 8.00. The van der Waals surface area contributed by atoms with E-state index in [0.717, 1.165) is 4.90 Å². The highest BCUT2D eigenvalue weighted by Gasteiger charge is 2.14. The third-order valence-corrected chi connectivity index (χ3v) is 4.86. The Hall–Kier alpha value is -3.00. The number of amides is 1. The number of hydrogen-bond acceptors (Lipinski definition) is 7. The van der Waals surface area contributed by atoms with Gasteiger partial charge >= 0.3 is 6.01 Å². The monoisotopic (exact) mass is 413 g/mol. The Morgan fingerprint density at radius 2 is 1.76 bits per heavy atom. The molecule has 0 saturated carbocycles. The predicted molar refractivity (Wildman–Crippen MR) is 113 cm³/mol. The van der Waals surface area contributed by atoms with Gasteiger partial charge in [0.1, 0.15) is 0 Å². The Balaban J connectivity index is 1.63. The van der Waals surface area contributed by atoms with Crippen molar-refractivity contribution in [3.63, 3.8) is 0 Å². The molecule has 1 amide bonds. The van der Waals surface area contributed by atoms with Gasteiger partial charge in [0.05, 0.1) is 19.0 Å². The van der Waals surface area contributed by atoms with Gasteiger partial charge in [0.15, 0.2) is 11.5 Å². The van der Waals surface area contributed by atoms with Crippen molar-refractivity contribution in [1.82, 2.24) is 10.2 Å². The van der Waals surface area contributed by atoms with Crippen molar-refractivity contribution in [2.75, 3.05) is 24.3 Å². The normalized spacial score (nSPS) is 10.6. The number of anilines is 1. The second-order valence-corrected chi connectivity index (χ2v) is 7.14. The molecule has 1 aromatic heterocycles. The van der Waals surface area contributed by atoms with Gasteiger partial charge in [-0.15, -0.1) is 16.9 Å². The van der Waals surface area contributed by atoms with Crippen LogP contribution in [0.5, 0.6) is 11.5 Å². The summed E-state index contributed by atoms with van der Waals surface area (Å²) >= 11 is 1.44. The van der Waals surface area contributed by atoms with Crippen molar-refractivity contribution in [2.45, 2.75) is 25.7 Å². The molecule has 1 N–H and O–H groups in total. The number of rotatable bonds is 9. The number of nitrogens with zero attached hydrogens (tertiary/aromatic N) is 2. The minimum atomic E-state index is -0.215. The first kappa shape index (κ1) is 20.7. The van der Waals surface area contributed by atoms with Gasteiger partial charge in [0.2, 0.25) is 11.8 Å². The van der Waals surface area contributed by atoms with Gasteiger partial charge in [-0.25, -0.2) is 0 Å². The van der Waals surface area contributed by atoms with E-state index in [1.165, 1.54) is 17.3 Å². The van der Waals surface area contributed by atoms with E-state index in [9.17, 15) is 4.79 Å². The lowest BCUT2D eigenvalue weighted by atomic mass is 10.2. The molecule has 3 rings (SSSR count). The van der Waals surface area contributed by atoms with Crippen LogP contribution in [0.1, 0.15) is 19.4 Å². The molecule has 0 spiro atoms. The van der Waals surface area contributed by atoms with Crippen LogP contribution in [0.3, 0.4) is 0 Å². The molecule has 29 heavy (non-hydrogen) atoms. The Kier molecular flexibility index (Phi) is 7.13. The zero-order valence-corrected chi connectivity index (χ0v) is 17.4. The van der Waals surface area contributed by atoms with E-state index in [-0.39, 0.29) is 23.6 Å². The van der Waals surface area contributed by atoms with Crippen LogP contribution in [-0.2, 0) is 4.79 Å². The molecule has 0 unspecified atom stereocenters. The van der Waals surface area contributed by atoms with Gasteiger partial charge in [-0.1, -0.05) is 22.8 Å². The van der Waals surface area contributed by atoms with Crippen LogP contribution < -0.4 is 14.8 Å². The van der Waals surface area contributed by atoms with Crippen LogP contribution in [0.4, 0.5) is 6.01 Å². The van der Waals surface area contributed by atoms with Gasteiger partial charge < -0.3 is 13.9 Å². The summed E-state index contributed by atoms with van der Waals surface area (Å²) in [4.78, 5) is 13.2. The smallest absolute Gasteiger partial charge is 0.322 e. The standard InChI is InChI=1S/C21H23N3O4S/c1-4-26-17-11-8-15(12-18(17)27-5-2)20-23-24-21(28-20)22-19(25)13-29-16-9-6-14(3)7-10-16/h6-12H,4-5,13H2,1-3H3,(H,22,24,25). The summed E-state index contributed by atoms with van der Waals surface area (Å²) in [6.07, 6.45) is 0. The van der Waals surface area contributed by atoms with Crippen LogP contribution >= 0.6 is 11.8 Å². The molecule has 2 aromatic carbocycles. The molecule has 0 saturated heterocycles. The Morgan fingerprint density at radius 3 is 2.48 bits per heavy atom. The molecule has 0 fully saturated rings. The first-order valence-electron chi connectivity index (χ1n) is 9.32. The fraction of sp³-hybridized carbons (Fsp3) is 0.286. The fourth-order valence-electron chi connectivity index (χ4n) is 2.51. The van der Waals surface area contributed by atoms with Gasteiger partial charge in [-0.05, 0) is 51.1 Å². The van der Waals surface area contributed by atoms with Crippen molar-refractivity contribution in [3.05, 3.63) is 48.0 Å². The first-order chi connectivity index (χ1) is 14.1. The van der Waals surface area contributed by atoms with Crippen LogP contribution in [0.2, 0.25) is 0 Å². The van der Waals surface area contributed by atoms with E-state index in [0.29, 0.717) is 30.3 Å². The topological polar surface area (TPSA) is 86.5 Å². The average molecular weight is 413 g/mol. The average Bonchev–Trinajstić information content (AvgIpc) is 3.17.